The number of aromatic nitrogens is 2. The highest BCUT2D eigenvalue weighted by Crippen LogP contribution is 2.32. The number of nitrogens with one attached hydrogen (secondary N) is 1. The molecule has 1 saturated heterocycles. The van der Waals surface area contributed by atoms with E-state index in [0.29, 0.717) is 41.8 Å². The predicted molar refractivity (Wildman–Crippen MR) is 115 cm³/mol. The van der Waals surface area contributed by atoms with E-state index < -0.39 is 10.0 Å². The van der Waals surface area contributed by atoms with Crippen LogP contribution in [-0.2, 0) is 10.0 Å². The first kappa shape index (κ1) is 20.1. The third-order valence-corrected chi connectivity index (χ3v) is 8.57. The fourth-order valence-electron chi connectivity index (χ4n) is 3.30. The average Bonchev–Trinajstić information content (AvgIpc) is 3.22. The van der Waals surface area contributed by atoms with E-state index in [9.17, 15) is 13.2 Å². The van der Waals surface area contributed by atoms with Crippen molar-refractivity contribution < 1.29 is 8.42 Å². The van der Waals surface area contributed by atoms with Crippen LogP contribution in [0.4, 0.5) is 5.69 Å². The van der Waals surface area contributed by atoms with Gasteiger partial charge < -0.3 is 4.90 Å². The lowest BCUT2D eigenvalue weighted by Gasteiger charge is -2.36. The van der Waals surface area contributed by atoms with Crippen molar-refractivity contribution in [2.75, 3.05) is 31.1 Å². The smallest absolute Gasteiger partial charge is 0.264 e. The molecule has 0 atom stereocenters. The number of anilines is 1. The zero-order valence-corrected chi connectivity index (χ0v) is 18.0. The summed E-state index contributed by atoms with van der Waals surface area (Å²) in [6, 6.07) is 12.0. The normalized spacial score (nSPS) is 15.6. The number of rotatable bonds is 4. The molecule has 0 amide bonds. The first-order valence-corrected chi connectivity index (χ1v) is 11.7. The van der Waals surface area contributed by atoms with Gasteiger partial charge in [0.25, 0.3) is 15.6 Å². The third kappa shape index (κ3) is 4.09. The van der Waals surface area contributed by atoms with E-state index in [-0.39, 0.29) is 9.77 Å². The van der Waals surface area contributed by atoms with Crippen LogP contribution in [-0.4, -0.2) is 49.1 Å². The van der Waals surface area contributed by atoms with Gasteiger partial charge in [0, 0.05) is 43.0 Å². The summed E-state index contributed by atoms with van der Waals surface area (Å²) >= 11 is 7.27. The van der Waals surface area contributed by atoms with E-state index in [1.807, 2.05) is 25.1 Å². The number of benzene rings is 1. The minimum absolute atomic E-state index is 0.271. The molecule has 1 aliphatic rings. The molecule has 1 aromatic carbocycles. The van der Waals surface area contributed by atoms with Crippen LogP contribution < -0.4 is 10.5 Å². The van der Waals surface area contributed by atoms with Gasteiger partial charge in [-0.15, -0.1) is 11.3 Å². The van der Waals surface area contributed by atoms with Crippen molar-refractivity contribution in [1.82, 2.24) is 14.5 Å². The summed E-state index contributed by atoms with van der Waals surface area (Å²) in [6.07, 6.45) is 0. The molecule has 3 heterocycles. The molecule has 0 spiro atoms. The number of H-pyrrole nitrogens is 1. The molecule has 10 heteroatoms. The Labute approximate surface area is 177 Å². The molecule has 0 radical (unpaired) electrons. The van der Waals surface area contributed by atoms with Gasteiger partial charge in [-0.3, -0.25) is 4.79 Å². The number of aromatic amines is 1. The van der Waals surface area contributed by atoms with Crippen molar-refractivity contribution in [1.29, 1.82) is 0 Å². The molecule has 4 rings (SSSR count). The van der Waals surface area contributed by atoms with Crippen LogP contribution in [0.3, 0.4) is 0 Å². The Balaban J connectivity index is 1.50. The average molecular weight is 451 g/mol. The van der Waals surface area contributed by atoms with Crippen LogP contribution in [0.15, 0.2) is 51.5 Å². The Morgan fingerprint density at radius 1 is 1.07 bits per heavy atom. The molecular formula is C19H19ClN4O3S2. The predicted octanol–water partition coefficient (Wildman–Crippen LogP) is 2.97. The lowest BCUT2D eigenvalue weighted by molar-refractivity contribution is 0.385. The molecule has 1 aliphatic heterocycles. The SMILES string of the molecule is Cc1ccc(Cl)cc1N1CCN(S(=O)(=O)c2ccc(-c3ccc(=O)[nH]n3)s2)CC1. The molecule has 2 aromatic heterocycles. The zero-order valence-electron chi connectivity index (χ0n) is 15.6. The maximum atomic E-state index is 13.1. The van der Waals surface area contributed by atoms with Crippen molar-refractivity contribution in [2.24, 2.45) is 0 Å². The minimum atomic E-state index is -3.58. The molecule has 7 nitrogen and oxygen atoms in total. The van der Waals surface area contributed by atoms with Gasteiger partial charge in [0.2, 0.25) is 0 Å². The number of nitrogens with zero attached hydrogens (tertiary/aromatic N) is 3. The van der Waals surface area contributed by atoms with Gasteiger partial charge in [0.1, 0.15) is 9.90 Å². The van der Waals surface area contributed by atoms with Gasteiger partial charge in [0.05, 0.1) is 4.88 Å². The molecular weight excluding hydrogens is 432 g/mol. The van der Waals surface area contributed by atoms with Gasteiger partial charge in [-0.1, -0.05) is 17.7 Å². The molecule has 3 aromatic rings. The standard InChI is InChI=1S/C19H19ClN4O3S2/c1-13-2-3-14(20)12-16(13)23-8-10-24(11-9-23)29(26,27)19-7-5-17(28-19)15-4-6-18(25)22-21-15/h2-7,12H,8-11H2,1H3,(H,22,25). The van der Waals surface area contributed by atoms with E-state index in [1.54, 1.807) is 18.2 Å². The molecule has 1 fully saturated rings. The number of hydrogen-bond acceptors (Lipinski definition) is 6. The van der Waals surface area contributed by atoms with Crippen LogP contribution in [0.1, 0.15) is 5.56 Å². The van der Waals surface area contributed by atoms with Crippen LogP contribution >= 0.6 is 22.9 Å². The van der Waals surface area contributed by atoms with Crippen molar-refractivity contribution in [2.45, 2.75) is 11.1 Å². The van der Waals surface area contributed by atoms with E-state index >= 15 is 0 Å². The fraction of sp³-hybridized carbons (Fsp3) is 0.263. The summed E-state index contributed by atoms with van der Waals surface area (Å²) in [5.74, 6) is 0. The van der Waals surface area contributed by atoms with E-state index in [2.05, 4.69) is 15.1 Å². The van der Waals surface area contributed by atoms with Gasteiger partial charge in [-0.25, -0.2) is 13.5 Å². The monoisotopic (exact) mass is 450 g/mol. The summed E-state index contributed by atoms with van der Waals surface area (Å²) < 4.78 is 27.9. The molecule has 0 aliphatic carbocycles. The highest BCUT2D eigenvalue weighted by atomic mass is 35.5. The minimum Gasteiger partial charge on any atom is -0.369 e. The van der Waals surface area contributed by atoms with E-state index in [4.69, 9.17) is 11.6 Å². The summed E-state index contributed by atoms with van der Waals surface area (Å²) in [5, 5.41) is 7.00. The molecule has 0 saturated carbocycles. The number of piperazine rings is 1. The summed E-state index contributed by atoms with van der Waals surface area (Å²) in [5.41, 5.74) is 2.39. The van der Waals surface area contributed by atoms with Crippen LogP contribution in [0.5, 0.6) is 0 Å². The maximum absolute atomic E-state index is 13.1. The Kier molecular flexibility index (Phi) is 5.48. The number of halogens is 1. The lowest BCUT2D eigenvalue weighted by Crippen LogP contribution is -2.48. The highest BCUT2D eigenvalue weighted by Gasteiger charge is 2.30. The molecule has 152 valence electrons. The topological polar surface area (TPSA) is 86.4 Å². The van der Waals surface area contributed by atoms with Crippen molar-refractivity contribution in [3.8, 4) is 10.6 Å². The number of sulfonamides is 1. The van der Waals surface area contributed by atoms with Gasteiger partial charge >= 0.3 is 0 Å². The highest BCUT2D eigenvalue weighted by molar-refractivity contribution is 7.91. The van der Waals surface area contributed by atoms with Crippen LogP contribution in [0, 0.1) is 6.92 Å². The van der Waals surface area contributed by atoms with Crippen LogP contribution in [0.25, 0.3) is 10.6 Å². The van der Waals surface area contributed by atoms with Crippen molar-refractivity contribution in [3.63, 3.8) is 0 Å². The first-order valence-electron chi connectivity index (χ1n) is 9.02. The Hall–Kier alpha value is -2.20. The second kappa shape index (κ2) is 7.91. The first-order chi connectivity index (χ1) is 13.8. The van der Waals surface area contributed by atoms with Gasteiger partial charge in [0.15, 0.2) is 0 Å². The summed E-state index contributed by atoms with van der Waals surface area (Å²) in [7, 11) is -3.58. The van der Waals surface area contributed by atoms with Crippen LogP contribution in [0.2, 0.25) is 5.02 Å². The quantitative estimate of drug-likeness (QED) is 0.660. The van der Waals surface area contributed by atoms with E-state index in [0.717, 1.165) is 22.6 Å². The molecule has 0 bridgehead atoms. The number of hydrogen-bond donors (Lipinski definition) is 1. The van der Waals surface area contributed by atoms with Crippen molar-refractivity contribution >= 4 is 38.6 Å². The maximum Gasteiger partial charge on any atom is 0.264 e. The van der Waals surface area contributed by atoms with E-state index in [1.165, 1.54) is 10.4 Å². The Bertz CT molecular complexity index is 1180. The summed E-state index contributed by atoms with van der Waals surface area (Å²) in [4.78, 5) is 14.0. The van der Waals surface area contributed by atoms with Gasteiger partial charge in [-0.05, 0) is 42.8 Å². The second-order valence-corrected chi connectivity index (χ2v) is 10.4. The number of aryl methyl sites for hydroxylation is 1. The Morgan fingerprint density at radius 3 is 2.52 bits per heavy atom. The lowest BCUT2D eigenvalue weighted by atomic mass is 10.1. The largest absolute Gasteiger partial charge is 0.369 e. The summed E-state index contributed by atoms with van der Waals surface area (Å²) in [6.45, 7) is 4.02. The fourth-order valence-corrected chi connectivity index (χ4v) is 6.32. The van der Waals surface area contributed by atoms with Gasteiger partial charge in [-0.2, -0.15) is 9.40 Å². The number of thiophene rings is 1. The zero-order chi connectivity index (χ0) is 20.6. The molecule has 1 N–H and O–H groups in total. The molecule has 29 heavy (non-hydrogen) atoms. The molecule has 0 unspecified atom stereocenters. The Morgan fingerprint density at radius 2 is 1.83 bits per heavy atom. The third-order valence-electron chi connectivity index (χ3n) is 4.86. The second-order valence-electron chi connectivity index (χ2n) is 6.75. The van der Waals surface area contributed by atoms with Crippen molar-refractivity contribution in [3.05, 3.63) is 63.4 Å².